The maximum absolute atomic E-state index is 12.8. The van der Waals surface area contributed by atoms with Gasteiger partial charge in [0.2, 0.25) is 0 Å². The summed E-state index contributed by atoms with van der Waals surface area (Å²) in [5.74, 6) is 1.93. The first-order chi connectivity index (χ1) is 14.6. The minimum Gasteiger partial charge on any atom is -0.335 e. The van der Waals surface area contributed by atoms with Gasteiger partial charge in [0.1, 0.15) is 0 Å². The van der Waals surface area contributed by atoms with Crippen molar-refractivity contribution in [1.82, 2.24) is 10.2 Å². The number of fused-ring (bicyclic) bond motifs is 1. The van der Waals surface area contributed by atoms with E-state index in [9.17, 15) is 14.4 Å². The van der Waals surface area contributed by atoms with Crippen LogP contribution in [0.4, 0.5) is 10.5 Å². The quantitative estimate of drug-likeness (QED) is 0.685. The van der Waals surface area contributed by atoms with Gasteiger partial charge in [0.05, 0.1) is 11.1 Å². The largest absolute Gasteiger partial charge is 0.335 e. The molecule has 1 atom stereocenters. The van der Waals surface area contributed by atoms with Crippen molar-refractivity contribution in [2.75, 3.05) is 5.32 Å². The second-order valence-electron chi connectivity index (χ2n) is 11.5. The Morgan fingerprint density at radius 3 is 2.10 bits per heavy atom. The molecule has 2 N–H and O–H groups in total. The summed E-state index contributed by atoms with van der Waals surface area (Å²) in [7, 11) is 0. The zero-order valence-electron chi connectivity index (χ0n) is 19.0. The Labute approximate surface area is 184 Å². The molecule has 6 rings (SSSR count). The van der Waals surface area contributed by atoms with Gasteiger partial charge in [-0.25, -0.2) is 4.79 Å². The van der Waals surface area contributed by atoms with E-state index in [0.717, 1.165) is 17.8 Å². The summed E-state index contributed by atoms with van der Waals surface area (Å²) in [5.41, 5.74) is 0.927. The van der Waals surface area contributed by atoms with Crippen LogP contribution < -0.4 is 10.6 Å². The Morgan fingerprint density at radius 1 is 1.00 bits per heavy atom. The molecule has 4 fully saturated rings. The lowest BCUT2D eigenvalue weighted by Gasteiger charge is -2.59. The number of carbonyl (C=O) groups excluding carboxylic acids is 3. The van der Waals surface area contributed by atoms with Crippen LogP contribution in [0.25, 0.3) is 0 Å². The number of hydrogen-bond acceptors (Lipinski definition) is 3. The fourth-order valence-corrected chi connectivity index (χ4v) is 7.15. The fraction of sp³-hybridized carbons (Fsp3) is 0.640. The number of nitrogens with zero attached hydrogens (tertiary/aromatic N) is 1. The zero-order valence-corrected chi connectivity index (χ0v) is 19.0. The van der Waals surface area contributed by atoms with Gasteiger partial charge in [-0.05, 0) is 108 Å². The number of carbonyl (C=O) groups is 3. The number of nitrogens with one attached hydrogen (secondary N) is 2. The Hall–Kier alpha value is -2.37. The molecule has 4 saturated carbocycles. The first-order valence-corrected chi connectivity index (χ1v) is 11.7. The molecule has 0 radical (unpaired) electrons. The highest BCUT2D eigenvalue weighted by molar-refractivity contribution is 6.22. The highest BCUT2D eigenvalue weighted by Crippen LogP contribution is 2.61. The number of hydrogen-bond donors (Lipinski definition) is 2. The van der Waals surface area contributed by atoms with Crippen molar-refractivity contribution in [2.24, 2.45) is 23.2 Å². The predicted octanol–water partition coefficient (Wildman–Crippen LogP) is 4.81. The van der Waals surface area contributed by atoms with Gasteiger partial charge in [0, 0.05) is 17.3 Å². The Bertz CT molecular complexity index is 926. The molecule has 31 heavy (non-hydrogen) atoms. The summed E-state index contributed by atoms with van der Waals surface area (Å²) < 4.78 is 0. The highest BCUT2D eigenvalue weighted by Gasteiger charge is 2.53. The van der Waals surface area contributed by atoms with E-state index in [-0.39, 0.29) is 29.3 Å². The van der Waals surface area contributed by atoms with Gasteiger partial charge in [-0.2, -0.15) is 0 Å². The zero-order chi connectivity index (χ0) is 22.1. The average Bonchev–Trinajstić information content (AvgIpc) is 2.90. The normalized spacial score (nSPS) is 32.3. The molecule has 0 saturated heterocycles. The molecular weight excluding hydrogens is 390 g/mol. The smallest absolute Gasteiger partial charge is 0.319 e. The highest BCUT2D eigenvalue weighted by atomic mass is 16.2. The first kappa shape index (κ1) is 20.5. The molecule has 5 aliphatic rings. The number of benzene rings is 1. The van der Waals surface area contributed by atoms with Crippen LogP contribution in [0.3, 0.4) is 0 Å². The molecule has 6 heteroatoms. The molecule has 1 aliphatic heterocycles. The molecule has 166 valence electrons. The summed E-state index contributed by atoms with van der Waals surface area (Å²) in [4.78, 5) is 39.5. The summed E-state index contributed by atoms with van der Waals surface area (Å²) in [5, 5.41) is 6.09. The van der Waals surface area contributed by atoms with Crippen LogP contribution in [-0.4, -0.2) is 34.3 Å². The van der Waals surface area contributed by atoms with E-state index in [4.69, 9.17) is 0 Å². The lowest BCUT2D eigenvalue weighted by atomic mass is 9.48. The summed E-state index contributed by atoms with van der Waals surface area (Å²) in [6.07, 6.45) is 7.85. The number of urea groups is 1. The molecule has 1 heterocycles. The van der Waals surface area contributed by atoms with E-state index in [1.807, 2.05) is 20.8 Å². The van der Waals surface area contributed by atoms with Crippen molar-refractivity contribution in [2.45, 2.75) is 77.8 Å². The van der Waals surface area contributed by atoms with Crippen molar-refractivity contribution in [3.05, 3.63) is 29.3 Å². The van der Waals surface area contributed by atoms with Crippen LogP contribution in [0, 0.1) is 23.2 Å². The van der Waals surface area contributed by atoms with Crippen LogP contribution in [0.1, 0.15) is 86.9 Å². The van der Waals surface area contributed by atoms with Gasteiger partial charge < -0.3 is 10.6 Å². The van der Waals surface area contributed by atoms with Crippen molar-refractivity contribution in [1.29, 1.82) is 0 Å². The third-order valence-corrected chi connectivity index (χ3v) is 8.17. The molecule has 4 amide bonds. The molecule has 6 nitrogen and oxygen atoms in total. The summed E-state index contributed by atoms with van der Waals surface area (Å²) in [6.45, 7) is 7.67. The number of imide groups is 1. The third-order valence-electron chi connectivity index (χ3n) is 8.17. The molecule has 1 aromatic rings. The van der Waals surface area contributed by atoms with Gasteiger partial charge in [0.25, 0.3) is 11.8 Å². The van der Waals surface area contributed by atoms with Crippen LogP contribution >= 0.6 is 0 Å². The number of anilines is 1. The minimum absolute atomic E-state index is 0.120. The van der Waals surface area contributed by atoms with Crippen LogP contribution in [0.15, 0.2) is 18.2 Å². The fourth-order valence-electron chi connectivity index (χ4n) is 7.15. The van der Waals surface area contributed by atoms with Gasteiger partial charge in [0.15, 0.2) is 0 Å². The minimum atomic E-state index is -0.592. The number of amides is 4. The van der Waals surface area contributed by atoms with Gasteiger partial charge in [-0.1, -0.05) is 0 Å². The Kier molecular flexibility index (Phi) is 4.51. The van der Waals surface area contributed by atoms with E-state index < -0.39 is 5.54 Å². The van der Waals surface area contributed by atoms with Crippen molar-refractivity contribution < 1.29 is 14.4 Å². The predicted molar refractivity (Wildman–Crippen MR) is 119 cm³/mol. The molecule has 1 unspecified atom stereocenters. The van der Waals surface area contributed by atoms with Gasteiger partial charge in [-0.15, -0.1) is 0 Å². The lowest BCUT2D eigenvalue weighted by molar-refractivity contribution is -0.0679. The Morgan fingerprint density at radius 2 is 1.55 bits per heavy atom. The molecule has 4 aliphatic carbocycles. The SMILES string of the molecule is CC(NC(=O)Nc1ccc2c(c1)C(=O)N(C(C)(C)C)C2=O)C12CC3CC(CC(C3)C1)C2. The van der Waals surface area contributed by atoms with Gasteiger partial charge >= 0.3 is 6.03 Å². The number of rotatable bonds is 3. The average molecular weight is 424 g/mol. The lowest BCUT2D eigenvalue weighted by Crippen LogP contribution is -2.56. The van der Waals surface area contributed by atoms with Crippen molar-refractivity contribution in [3.63, 3.8) is 0 Å². The molecule has 1 aromatic carbocycles. The topological polar surface area (TPSA) is 78.5 Å². The first-order valence-electron chi connectivity index (χ1n) is 11.7. The van der Waals surface area contributed by atoms with E-state index >= 15 is 0 Å². The Balaban J connectivity index is 1.28. The monoisotopic (exact) mass is 423 g/mol. The standard InChI is InChI=1S/C25H33N3O3/c1-14(25-11-15-7-16(12-25)9-17(8-15)13-25)26-23(31)27-18-5-6-19-20(10-18)22(30)28(21(19)29)24(2,3)4/h5-6,10,14-17H,7-9,11-13H2,1-4H3,(H2,26,27,31). The van der Waals surface area contributed by atoms with E-state index in [2.05, 4.69) is 17.6 Å². The van der Waals surface area contributed by atoms with Crippen molar-refractivity contribution in [3.8, 4) is 0 Å². The maximum atomic E-state index is 12.8. The van der Waals surface area contributed by atoms with E-state index in [0.29, 0.717) is 16.8 Å². The second kappa shape index (κ2) is 6.81. The maximum Gasteiger partial charge on any atom is 0.319 e. The van der Waals surface area contributed by atoms with Crippen LogP contribution in [0.2, 0.25) is 0 Å². The second-order valence-corrected chi connectivity index (χ2v) is 11.5. The summed E-state index contributed by atoms with van der Waals surface area (Å²) in [6, 6.07) is 4.84. The van der Waals surface area contributed by atoms with Crippen molar-refractivity contribution >= 4 is 23.5 Å². The molecule has 0 aromatic heterocycles. The van der Waals surface area contributed by atoms with E-state index in [1.165, 1.54) is 43.4 Å². The third kappa shape index (κ3) is 3.35. The van der Waals surface area contributed by atoms with Gasteiger partial charge in [-0.3, -0.25) is 14.5 Å². The van der Waals surface area contributed by atoms with E-state index in [1.54, 1.807) is 18.2 Å². The molecule has 0 spiro atoms. The molecule has 4 bridgehead atoms. The summed E-state index contributed by atoms with van der Waals surface area (Å²) >= 11 is 0. The molecular formula is C25H33N3O3. The van der Waals surface area contributed by atoms with Crippen LogP contribution in [-0.2, 0) is 0 Å². The van der Waals surface area contributed by atoms with Crippen LogP contribution in [0.5, 0.6) is 0 Å².